The molecule has 0 N–H and O–H groups in total. The lowest BCUT2D eigenvalue weighted by atomic mass is 9.80. The number of hydrogen-bond donors (Lipinski definition) is 0. The van der Waals surface area contributed by atoms with Crippen molar-refractivity contribution in [2.24, 2.45) is 5.92 Å². The van der Waals surface area contributed by atoms with E-state index in [0.29, 0.717) is 37.2 Å². The van der Waals surface area contributed by atoms with E-state index in [9.17, 15) is 13.6 Å². The fraction of sp³-hybridized carbons (Fsp3) is 0.652. The van der Waals surface area contributed by atoms with Gasteiger partial charge >= 0.3 is 12.6 Å². The van der Waals surface area contributed by atoms with E-state index in [-0.39, 0.29) is 18.1 Å². The Kier molecular flexibility index (Phi) is 6.57. The summed E-state index contributed by atoms with van der Waals surface area (Å²) in [6.45, 7) is 4.84. The van der Waals surface area contributed by atoms with Crippen LogP contribution in [0.5, 0.6) is 0 Å². The van der Waals surface area contributed by atoms with Gasteiger partial charge in [0, 0.05) is 42.5 Å². The number of pyridine rings is 1. The number of halogens is 2. The molecule has 2 aromatic heterocycles. The Labute approximate surface area is 181 Å². The summed E-state index contributed by atoms with van der Waals surface area (Å²) < 4.78 is 36.8. The number of ether oxygens (including phenoxy) is 2. The van der Waals surface area contributed by atoms with Gasteiger partial charge in [-0.2, -0.15) is 8.78 Å². The Hall–Kier alpha value is -2.06. The summed E-state index contributed by atoms with van der Waals surface area (Å²) in [5, 5.41) is 0.838. The summed E-state index contributed by atoms with van der Waals surface area (Å²) in [5.41, 5.74) is 2.33. The van der Waals surface area contributed by atoms with Crippen LogP contribution in [0.25, 0.3) is 11.0 Å². The average molecular weight is 436 g/mol. The normalized spacial score (nSPS) is 23.8. The molecule has 31 heavy (non-hydrogen) atoms. The van der Waals surface area contributed by atoms with Gasteiger partial charge in [0.25, 0.3) is 0 Å². The third kappa shape index (κ3) is 4.32. The van der Waals surface area contributed by atoms with Gasteiger partial charge in [-0.05, 0) is 64.5 Å². The summed E-state index contributed by atoms with van der Waals surface area (Å²) in [6, 6.07) is 4.43. The minimum absolute atomic E-state index is 0.202. The largest absolute Gasteiger partial charge is 0.462 e. The van der Waals surface area contributed by atoms with Crippen LogP contribution in [0.4, 0.5) is 8.78 Å². The maximum atomic E-state index is 12.6. The molecule has 1 aliphatic heterocycles. The van der Waals surface area contributed by atoms with Gasteiger partial charge in [0.15, 0.2) is 0 Å². The number of carbonyl (C=O) groups is 1. The molecule has 1 saturated heterocycles. The first-order valence-electron chi connectivity index (χ1n) is 11.2. The third-order valence-electron chi connectivity index (χ3n) is 7.01. The molecule has 8 heteroatoms. The third-order valence-corrected chi connectivity index (χ3v) is 7.01. The molecule has 0 bridgehead atoms. The summed E-state index contributed by atoms with van der Waals surface area (Å²) in [5.74, 6) is 0.169. The zero-order valence-electron chi connectivity index (χ0n) is 18.4. The first kappa shape index (κ1) is 22.1. The predicted octanol–water partition coefficient (Wildman–Crippen LogP) is 4.56. The molecule has 0 unspecified atom stereocenters. The Morgan fingerprint density at radius 3 is 2.61 bits per heavy atom. The van der Waals surface area contributed by atoms with E-state index in [4.69, 9.17) is 4.74 Å². The molecular formula is C23H31F2N3O3. The fourth-order valence-electron chi connectivity index (χ4n) is 5.38. The van der Waals surface area contributed by atoms with Gasteiger partial charge in [0.05, 0.1) is 18.3 Å². The molecule has 1 atom stereocenters. The molecule has 2 aliphatic rings. The minimum atomic E-state index is -2.68. The van der Waals surface area contributed by atoms with Crippen molar-refractivity contribution in [2.45, 2.75) is 71.3 Å². The lowest BCUT2D eigenvalue weighted by Gasteiger charge is -2.46. The second-order valence-electron chi connectivity index (χ2n) is 8.71. The van der Waals surface area contributed by atoms with Gasteiger partial charge in [-0.1, -0.05) is 0 Å². The number of carbonyl (C=O) groups excluding carboxylic acids is 1. The lowest BCUT2D eigenvalue weighted by Crippen LogP contribution is -2.57. The number of nitrogens with zero attached hydrogens (tertiary/aromatic N) is 3. The van der Waals surface area contributed by atoms with Crippen LogP contribution >= 0.6 is 0 Å². The van der Waals surface area contributed by atoms with Gasteiger partial charge in [-0.15, -0.1) is 0 Å². The highest BCUT2D eigenvalue weighted by atomic mass is 19.3. The van der Waals surface area contributed by atoms with E-state index in [1.807, 2.05) is 26.0 Å². The Morgan fingerprint density at radius 2 is 1.97 bits per heavy atom. The number of aromatic nitrogens is 2. The first-order chi connectivity index (χ1) is 14.9. The molecule has 0 aromatic carbocycles. The highest BCUT2D eigenvalue weighted by molar-refractivity contribution is 6.05. The molecule has 4 rings (SSSR count). The van der Waals surface area contributed by atoms with Crippen LogP contribution < -0.4 is 0 Å². The van der Waals surface area contributed by atoms with Gasteiger partial charge in [0.1, 0.15) is 5.65 Å². The molecule has 1 aliphatic carbocycles. The summed E-state index contributed by atoms with van der Waals surface area (Å²) >= 11 is 0. The smallest absolute Gasteiger partial charge is 0.345 e. The molecule has 0 amide bonds. The molecular weight excluding hydrogens is 404 g/mol. The van der Waals surface area contributed by atoms with E-state index in [1.54, 1.807) is 6.20 Å². The van der Waals surface area contributed by atoms with Gasteiger partial charge in [0.2, 0.25) is 0 Å². The van der Waals surface area contributed by atoms with Crippen molar-refractivity contribution in [3.05, 3.63) is 29.6 Å². The fourth-order valence-corrected chi connectivity index (χ4v) is 5.38. The van der Waals surface area contributed by atoms with E-state index >= 15 is 0 Å². The second kappa shape index (κ2) is 9.20. The maximum absolute atomic E-state index is 12.6. The topological polar surface area (TPSA) is 56.6 Å². The van der Waals surface area contributed by atoms with Crippen molar-refractivity contribution >= 4 is 17.0 Å². The number of hydrogen-bond acceptors (Lipinski definition) is 5. The zero-order chi connectivity index (χ0) is 22.1. The Morgan fingerprint density at radius 1 is 1.26 bits per heavy atom. The molecule has 1 saturated carbocycles. The van der Waals surface area contributed by atoms with Crippen LogP contribution in [0, 0.1) is 12.8 Å². The van der Waals surface area contributed by atoms with Crippen molar-refractivity contribution in [1.82, 2.24) is 14.5 Å². The van der Waals surface area contributed by atoms with Crippen LogP contribution in [0.1, 0.15) is 61.6 Å². The SMILES string of the molecule is CCOC(=O)c1c(C)n([C@H](C)C2CCC(N3CC(OC(F)F)C3)CC2)c2ncccc12. The first-order valence-corrected chi connectivity index (χ1v) is 11.2. The lowest BCUT2D eigenvalue weighted by molar-refractivity contribution is -0.202. The van der Waals surface area contributed by atoms with Crippen molar-refractivity contribution in [3.8, 4) is 0 Å². The van der Waals surface area contributed by atoms with Gasteiger partial charge in [-0.25, -0.2) is 9.78 Å². The molecule has 0 spiro atoms. The highest BCUT2D eigenvalue weighted by Crippen LogP contribution is 2.39. The minimum Gasteiger partial charge on any atom is -0.462 e. The summed E-state index contributed by atoms with van der Waals surface area (Å²) in [4.78, 5) is 19.5. The molecule has 0 radical (unpaired) electrons. The Bertz CT molecular complexity index is 918. The zero-order valence-corrected chi connectivity index (χ0v) is 18.4. The highest BCUT2D eigenvalue weighted by Gasteiger charge is 2.38. The molecule has 6 nitrogen and oxygen atoms in total. The summed E-state index contributed by atoms with van der Waals surface area (Å²) in [6.07, 6.45) is 5.64. The number of fused-ring (bicyclic) bond motifs is 1. The van der Waals surface area contributed by atoms with Crippen molar-refractivity contribution in [3.63, 3.8) is 0 Å². The molecule has 2 fully saturated rings. The van der Waals surface area contributed by atoms with E-state index in [2.05, 4.69) is 26.1 Å². The van der Waals surface area contributed by atoms with Gasteiger partial charge < -0.3 is 14.0 Å². The number of alkyl halides is 2. The van der Waals surface area contributed by atoms with Crippen molar-refractivity contribution in [2.75, 3.05) is 19.7 Å². The second-order valence-corrected chi connectivity index (χ2v) is 8.71. The van der Waals surface area contributed by atoms with E-state index in [1.165, 1.54) is 0 Å². The van der Waals surface area contributed by atoms with Crippen LogP contribution in [0.15, 0.2) is 18.3 Å². The van der Waals surface area contributed by atoms with E-state index in [0.717, 1.165) is 42.4 Å². The maximum Gasteiger partial charge on any atom is 0.345 e. The number of likely N-dealkylation sites (tertiary alicyclic amines) is 1. The molecule has 170 valence electrons. The average Bonchev–Trinajstić information content (AvgIpc) is 3.02. The monoisotopic (exact) mass is 435 g/mol. The Balaban J connectivity index is 1.45. The molecule has 3 heterocycles. The van der Waals surface area contributed by atoms with Gasteiger partial charge in [-0.3, -0.25) is 4.90 Å². The van der Waals surface area contributed by atoms with Crippen LogP contribution in [-0.2, 0) is 9.47 Å². The number of rotatable bonds is 7. The van der Waals surface area contributed by atoms with Crippen LogP contribution in [0.2, 0.25) is 0 Å². The standard InChI is InChI=1S/C23H31F2N3O3/c1-4-30-22(29)20-15(3)28(21-19(20)6-5-11-26-21)14(2)16-7-9-17(10-8-16)27-12-18(13-27)31-23(24)25/h5-6,11,14,16-18,23H,4,7-10,12-13H2,1-3H3/t14-,16?,17?/m1/s1. The quantitative estimate of drug-likeness (QED) is 0.597. The van der Waals surface area contributed by atoms with Crippen LogP contribution in [0.3, 0.4) is 0 Å². The summed E-state index contributed by atoms with van der Waals surface area (Å²) in [7, 11) is 0. The predicted molar refractivity (Wildman–Crippen MR) is 113 cm³/mol. The van der Waals surface area contributed by atoms with Crippen LogP contribution in [-0.4, -0.2) is 58.9 Å². The van der Waals surface area contributed by atoms with Crippen molar-refractivity contribution in [1.29, 1.82) is 0 Å². The molecule has 2 aromatic rings. The van der Waals surface area contributed by atoms with Crippen molar-refractivity contribution < 1.29 is 23.0 Å². The van der Waals surface area contributed by atoms with E-state index < -0.39 is 6.61 Å². The number of esters is 1.